The van der Waals surface area contributed by atoms with Crippen LogP contribution in [0, 0.1) is 11.3 Å². The molecule has 1 aromatic carbocycles. The number of hydrogen-bond donors (Lipinski definition) is 1. The molecule has 2 aliphatic rings. The predicted octanol–water partition coefficient (Wildman–Crippen LogP) is 5.11. The minimum Gasteiger partial charge on any atom is -0.366 e. The van der Waals surface area contributed by atoms with E-state index in [1.807, 2.05) is 34.8 Å². The van der Waals surface area contributed by atoms with Gasteiger partial charge < -0.3 is 9.88 Å². The van der Waals surface area contributed by atoms with Gasteiger partial charge in [-0.1, -0.05) is 24.3 Å². The van der Waals surface area contributed by atoms with E-state index in [2.05, 4.69) is 21.5 Å². The molecule has 0 atom stereocenters. The summed E-state index contributed by atoms with van der Waals surface area (Å²) in [4.78, 5) is 15.7. The van der Waals surface area contributed by atoms with Gasteiger partial charge in [0.25, 0.3) is 0 Å². The van der Waals surface area contributed by atoms with Crippen molar-refractivity contribution in [2.75, 3.05) is 11.9 Å². The molecule has 1 aliphatic carbocycles. The first kappa shape index (κ1) is 26.0. The summed E-state index contributed by atoms with van der Waals surface area (Å²) in [6.45, 7) is 4.66. The van der Waals surface area contributed by atoms with Crippen molar-refractivity contribution in [1.82, 2.24) is 34.2 Å². The molecule has 0 bridgehead atoms. The summed E-state index contributed by atoms with van der Waals surface area (Å²) in [5.41, 5.74) is 4.62. The van der Waals surface area contributed by atoms with Gasteiger partial charge in [-0.3, -0.25) is 9.58 Å². The largest absolute Gasteiger partial charge is 0.434 e. The molecule has 1 N–H and O–H groups in total. The zero-order valence-corrected chi connectivity index (χ0v) is 22.2. The zero-order valence-electron chi connectivity index (χ0n) is 22.2. The first-order valence-electron chi connectivity index (χ1n) is 13.2. The van der Waals surface area contributed by atoms with Crippen LogP contribution in [0.1, 0.15) is 53.8 Å². The number of imidazole rings is 1. The highest BCUT2D eigenvalue weighted by molar-refractivity contribution is 5.62. The number of nitrogens with one attached hydrogen (secondary N) is 1. The lowest BCUT2D eigenvalue weighted by Gasteiger charge is -2.14. The maximum Gasteiger partial charge on any atom is 0.434 e. The quantitative estimate of drug-likeness (QED) is 0.306. The fraction of sp³-hybridized carbons (Fsp3) is 0.393. The Bertz CT molecular complexity index is 1590. The topological polar surface area (TPSA) is 100 Å². The van der Waals surface area contributed by atoms with Gasteiger partial charge in [0.05, 0.1) is 24.5 Å². The molecule has 6 rings (SSSR count). The van der Waals surface area contributed by atoms with E-state index in [9.17, 15) is 18.4 Å². The lowest BCUT2D eigenvalue weighted by atomic mass is 10.1. The van der Waals surface area contributed by atoms with Gasteiger partial charge in [-0.05, 0) is 31.2 Å². The maximum atomic E-state index is 13.1. The van der Waals surface area contributed by atoms with E-state index in [1.54, 1.807) is 19.2 Å². The number of nitriles is 1. The molecule has 1 saturated carbocycles. The average molecular weight is 548 g/mol. The summed E-state index contributed by atoms with van der Waals surface area (Å²) in [6, 6.07) is 9.49. The number of hydrogen-bond acceptors (Lipinski definition) is 7. The van der Waals surface area contributed by atoms with Crippen molar-refractivity contribution < 1.29 is 13.2 Å². The molecule has 9 nitrogen and oxygen atoms in total. The molecule has 0 radical (unpaired) electrons. The number of alkyl halides is 3. The maximum absolute atomic E-state index is 13.1. The van der Waals surface area contributed by atoms with Crippen molar-refractivity contribution in [2.45, 2.75) is 58.0 Å². The van der Waals surface area contributed by atoms with Crippen LogP contribution in [-0.2, 0) is 39.4 Å². The van der Waals surface area contributed by atoms with Crippen LogP contribution in [0.4, 0.5) is 19.0 Å². The van der Waals surface area contributed by atoms with Crippen LogP contribution in [0.15, 0.2) is 36.7 Å². The van der Waals surface area contributed by atoms with Gasteiger partial charge in [0.15, 0.2) is 11.5 Å². The molecular formula is C28H28F3N9. The van der Waals surface area contributed by atoms with Crippen molar-refractivity contribution in [3.8, 4) is 29.0 Å². The first-order valence-corrected chi connectivity index (χ1v) is 13.2. The molecular weight excluding hydrogens is 519 g/mol. The third kappa shape index (κ3) is 4.93. The Morgan fingerprint density at radius 2 is 1.88 bits per heavy atom. The van der Waals surface area contributed by atoms with E-state index < -0.39 is 11.9 Å². The highest BCUT2D eigenvalue weighted by atomic mass is 19.4. The second kappa shape index (κ2) is 10.1. The molecule has 40 heavy (non-hydrogen) atoms. The first-order chi connectivity index (χ1) is 19.2. The van der Waals surface area contributed by atoms with Gasteiger partial charge in [0.2, 0.25) is 0 Å². The summed E-state index contributed by atoms with van der Waals surface area (Å²) in [7, 11) is 1.55. The van der Waals surface area contributed by atoms with Gasteiger partial charge in [0, 0.05) is 56.1 Å². The van der Waals surface area contributed by atoms with E-state index in [0.717, 1.165) is 41.6 Å². The number of fused-ring (bicyclic) bond motifs is 1. The van der Waals surface area contributed by atoms with Crippen LogP contribution in [-0.4, -0.2) is 40.7 Å². The Labute approximate surface area is 229 Å². The lowest BCUT2D eigenvalue weighted by Crippen LogP contribution is -2.16. The number of halogens is 3. The smallest absolute Gasteiger partial charge is 0.366 e. The SMILES string of the molecule is CCn1ncc(C2CC2)c1-c1nc2c(c(NCc3ccc(-c4nc(C(F)(F)F)cn4C)cc3)n1)CN(CC#N)C2. The fourth-order valence-electron chi connectivity index (χ4n) is 5.19. The van der Waals surface area contributed by atoms with Crippen LogP contribution in [0.2, 0.25) is 0 Å². The second-order valence-corrected chi connectivity index (χ2v) is 10.3. The minimum atomic E-state index is -4.49. The summed E-state index contributed by atoms with van der Waals surface area (Å²) < 4.78 is 42.6. The Morgan fingerprint density at radius 1 is 1.10 bits per heavy atom. The van der Waals surface area contributed by atoms with Gasteiger partial charge in [-0.25, -0.2) is 15.0 Å². The molecule has 0 spiro atoms. The normalized spacial score (nSPS) is 15.3. The summed E-state index contributed by atoms with van der Waals surface area (Å²) in [5, 5.41) is 17.3. The molecule has 4 aromatic rings. The Kier molecular flexibility index (Phi) is 6.54. The van der Waals surface area contributed by atoms with Crippen LogP contribution in [0.3, 0.4) is 0 Å². The van der Waals surface area contributed by atoms with E-state index in [-0.39, 0.29) is 5.82 Å². The van der Waals surface area contributed by atoms with E-state index in [0.29, 0.717) is 55.8 Å². The molecule has 206 valence electrons. The second-order valence-electron chi connectivity index (χ2n) is 10.3. The average Bonchev–Trinajstić information content (AvgIpc) is 3.35. The van der Waals surface area contributed by atoms with E-state index in [1.165, 1.54) is 10.1 Å². The standard InChI is InChI=1S/C28H28F3N9/c1-3-40-24(20(13-34-40)18-8-9-18)26-35-22-15-39(11-10-32)14-21(22)25(37-26)33-12-17-4-6-19(7-5-17)27-36-23(16-38(27)2)28(29,30)31/h4-7,13,16,18H,3,8-9,11-12,14-15H2,1-2H3,(H,33,35,37). The van der Waals surface area contributed by atoms with Gasteiger partial charge >= 0.3 is 6.18 Å². The summed E-state index contributed by atoms with van der Waals surface area (Å²) in [5.74, 6) is 2.09. The number of aromatic nitrogens is 6. The Morgan fingerprint density at radius 3 is 2.52 bits per heavy atom. The molecule has 4 heterocycles. The Hall–Kier alpha value is -4.24. The number of aryl methyl sites for hydroxylation is 2. The monoisotopic (exact) mass is 547 g/mol. The minimum absolute atomic E-state index is 0.252. The number of rotatable bonds is 8. The third-order valence-electron chi connectivity index (χ3n) is 7.38. The molecule has 0 amide bonds. The molecule has 0 saturated heterocycles. The highest BCUT2D eigenvalue weighted by Gasteiger charge is 2.35. The van der Waals surface area contributed by atoms with Crippen molar-refractivity contribution in [1.29, 1.82) is 5.26 Å². The van der Waals surface area contributed by atoms with Crippen molar-refractivity contribution in [2.24, 2.45) is 7.05 Å². The van der Waals surface area contributed by atoms with Crippen LogP contribution in [0.5, 0.6) is 0 Å². The van der Waals surface area contributed by atoms with Crippen molar-refractivity contribution >= 4 is 5.82 Å². The van der Waals surface area contributed by atoms with Gasteiger partial charge in [-0.2, -0.15) is 23.5 Å². The van der Waals surface area contributed by atoms with Crippen LogP contribution in [0.25, 0.3) is 22.9 Å². The van der Waals surface area contributed by atoms with Crippen LogP contribution < -0.4 is 5.32 Å². The number of benzene rings is 1. The van der Waals surface area contributed by atoms with E-state index in [4.69, 9.17) is 9.97 Å². The summed E-state index contributed by atoms with van der Waals surface area (Å²) in [6.07, 6.45) is 0.712. The van der Waals surface area contributed by atoms with Crippen molar-refractivity contribution in [3.05, 3.63) is 64.7 Å². The molecule has 1 aliphatic heterocycles. The van der Waals surface area contributed by atoms with Crippen LogP contribution >= 0.6 is 0 Å². The molecule has 0 unspecified atom stereocenters. The third-order valence-corrected chi connectivity index (χ3v) is 7.38. The fourth-order valence-corrected chi connectivity index (χ4v) is 5.19. The summed E-state index contributed by atoms with van der Waals surface area (Å²) >= 11 is 0. The van der Waals surface area contributed by atoms with Gasteiger partial charge in [-0.15, -0.1) is 0 Å². The predicted molar refractivity (Wildman–Crippen MR) is 142 cm³/mol. The Balaban J connectivity index is 1.28. The highest BCUT2D eigenvalue weighted by Crippen LogP contribution is 2.44. The van der Waals surface area contributed by atoms with Crippen molar-refractivity contribution in [3.63, 3.8) is 0 Å². The number of anilines is 1. The molecule has 12 heteroatoms. The lowest BCUT2D eigenvalue weighted by molar-refractivity contribution is -0.140. The zero-order chi connectivity index (χ0) is 28.0. The molecule has 3 aromatic heterocycles. The molecule has 1 fully saturated rings. The van der Waals surface area contributed by atoms with E-state index >= 15 is 0 Å². The number of nitrogens with zero attached hydrogens (tertiary/aromatic N) is 8. The van der Waals surface area contributed by atoms with Gasteiger partial charge in [0.1, 0.15) is 17.3 Å².